The molecule has 3 unspecified atom stereocenters. The molecule has 112 valence electrons. The van der Waals surface area contributed by atoms with Gasteiger partial charge in [0.15, 0.2) is 0 Å². The van der Waals surface area contributed by atoms with E-state index in [0.717, 1.165) is 38.6 Å². The van der Waals surface area contributed by atoms with Crippen LogP contribution in [-0.4, -0.2) is 29.6 Å². The van der Waals surface area contributed by atoms with Crippen molar-refractivity contribution >= 4 is 5.91 Å². The Kier molecular flexibility index (Phi) is 6.84. The molecule has 0 bridgehead atoms. The van der Waals surface area contributed by atoms with Crippen LogP contribution in [-0.2, 0) is 4.79 Å². The summed E-state index contributed by atoms with van der Waals surface area (Å²) in [6.07, 6.45) is 5.83. The van der Waals surface area contributed by atoms with E-state index in [4.69, 9.17) is 0 Å². The smallest absolute Gasteiger partial charge is 0.241 e. The number of amides is 1. The topological polar surface area (TPSA) is 32.3 Å². The van der Waals surface area contributed by atoms with Gasteiger partial charge in [-0.15, -0.1) is 0 Å². The van der Waals surface area contributed by atoms with Crippen molar-refractivity contribution in [2.45, 2.75) is 78.9 Å². The van der Waals surface area contributed by atoms with E-state index in [1.54, 1.807) is 0 Å². The molecule has 1 N–H and O–H groups in total. The fourth-order valence-corrected chi connectivity index (χ4v) is 2.90. The molecule has 3 nitrogen and oxygen atoms in total. The van der Waals surface area contributed by atoms with Crippen LogP contribution >= 0.6 is 0 Å². The number of hydrogen-bond donors (Lipinski definition) is 1. The van der Waals surface area contributed by atoms with Gasteiger partial charge in [0.05, 0.1) is 12.2 Å². The van der Waals surface area contributed by atoms with Crippen molar-refractivity contribution in [3.05, 3.63) is 0 Å². The summed E-state index contributed by atoms with van der Waals surface area (Å²) in [4.78, 5) is 14.7. The summed E-state index contributed by atoms with van der Waals surface area (Å²) >= 11 is 0. The monoisotopic (exact) mass is 268 g/mol. The van der Waals surface area contributed by atoms with Gasteiger partial charge in [-0.1, -0.05) is 60.3 Å². The number of carbonyl (C=O) groups excluding carboxylic acids is 1. The molecule has 0 aliphatic carbocycles. The van der Waals surface area contributed by atoms with Gasteiger partial charge in [0.25, 0.3) is 0 Å². The SMILES string of the molecule is CCCC1NC(C(C)CC)C(=O)N1CC(CC)CC. The summed E-state index contributed by atoms with van der Waals surface area (Å²) in [5.74, 6) is 1.40. The molecule has 1 fully saturated rings. The summed E-state index contributed by atoms with van der Waals surface area (Å²) in [6, 6.07) is 0.0379. The van der Waals surface area contributed by atoms with Crippen LogP contribution in [0.5, 0.6) is 0 Å². The average Bonchev–Trinajstić information content (AvgIpc) is 2.72. The Morgan fingerprint density at radius 1 is 1.16 bits per heavy atom. The summed E-state index contributed by atoms with van der Waals surface area (Å²) in [5.41, 5.74) is 0. The lowest BCUT2D eigenvalue weighted by Gasteiger charge is -2.27. The molecule has 3 atom stereocenters. The molecule has 1 rings (SSSR count). The van der Waals surface area contributed by atoms with Gasteiger partial charge in [0, 0.05) is 6.54 Å². The van der Waals surface area contributed by atoms with E-state index in [2.05, 4.69) is 44.8 Å². The van der Waals surface area contributed by atoms with Crippen molar-refractivity contribution in [1.29, 1.82) is 0 Å². The summed E-state index contributed by atoms with van der Waals surface area (Å²) in [6.45, 7) is 11.9. The minimum atomic E-state index is 0.0379. The average molecular weight is 268 g/mol. The van der Waals surface area contributed by atoms with Crippen LogP contribution in [0.3, 0.4) is 0 Å². The van der Waals surface area contributed by atoms with Crippen LogP contribution < -0.4 is 5.32 Å². The number of nitrogens with zero attached hydrogens (tertiary/aromatic N) is 1. The quantitative estimate of drug-likeness (QED) is 0.732. The zero-order valence-electron chi connectivity index (χ0n) is 13.4. The van der Waals surface area contributed by atoms with E-state index in [1.807, 2.05) is 0 Å². The molecule has 1 aliphatic rings. The van der Waals surface area contributed by atoms with Gasteiger partial charge < -0.3 is 4.90 Å². The lowest BCUT2D eigenvalue weighted by Crippen LogP contribution is -2.40. The van der Waals surface area contributed by atoms with E-state index < -0.39 is 0 Å². The first kappa shape index (κ1) is 16.5. The normalized spacial score (nSPS) is 25.4. The Balaban J connectivity index is 2.76. The minimum absolute atomic E-state index is 0.0379. The molecule has 0 aromatic heterocycles. The maximum Gasteiger partial charge on any atom is 0.241 e. The van der Waals surface area contributed by atoms with Crippen LogP contribution in [0.15, 0.2) is 0 Å². The van der Waals surface area contributed by atoms with Crippen molar-refractivity contribution in [2.75, 3.05) is 6.54 Å². The molecule has 0 aromatic carbocycles. The first-order valence-corrected chi connectivity index (χ1v) is 8.15. The second kappa shape index (κ2) is 7.88. The van der Waals surface area contributed by atoms with Gasteiger partial charge in [-0.3, -0.25) is 10.1 Å². The maximum absolute atomic E-state index is 12.6. The zero-order valence-corrected chi connectivity index (χ0v) is 13.4. The predicted octanol–water partition coefficient (Wildman–Crippen LogP) is 3.40. The van der Waals surface area contributed by atoms with Crippen molar-refractivity contribution in [3.8, 4) is 0 Å². The second-order valence-corrected chi connectivity index (χ2v) is 6.01. The van der Waals surface area contributed by atoms with Crippen molar-refractivity contribution in [3.63, 3.8) is 0 Å². The molecule has 0 radical (unpaired) electrons. The van der Waals surface area contributed by atoms with Gasteiger partial charge in [0.1, 0.15) is 0 Å². The largest absolute Gasteiger partial charge is 0.326 e. The molecule has 19 heavy (non-hydrogen) atoms. The standard InChI is InChI=1S/C16H32N2O/c1-6-10-14-17-15(12(5)7-2)16(19)18(14)11-13(8-3)9-4/h12-15,17H,6-11H2,1-5H3. The predicted molar refractivity (Wildman–Crippen MR) is 80.9 cm³/mol. The number of nitrogens with one attached hydrogen (secondary N) is 1. The fourth-order valence-electron chi connectivity index (χ4n) is 2.90. The summed E-state index contributed by atoms with van der Waals surface area (Å²) in [7, 11) is 0. The molecule has 0 spiro atoms. The third-order valence-electron chi connectivity index (χ3n) is 4.68. The van der Waals surface area contributed by atoms with Gasteiger partial charge in [-0.25, -0.2) is 0 Å². The van der Waals surface area contributed by atoms with Crippen LogP contribution in [0.4, 0.5) is 0 Å². The van der Waals surface area contributed by atoms with Gasteiger partial charge in [-0.2, -0.15) is 0 Å². The van der Waals surface area contributed by atoms with E-state index in [-0.39, 0.29) is 12.2 Å². The molecule has 3 heteroatoms. The van der Waals surface area contributed by atoms with Crippen LogP contribution in [0, 0.1) is 11.8 Å². The first-order valence-electron chi connectivity index (χ1n) is 8.15. The van der Waals surface area contributed by atoms with E-state index in [0.29, 0.717) is 17.7 Å². The number of hydrogen-bond acceptors (Lipinski definition) is 2. The molecule has 0 saturated carbocycles. The van der Waals surface area contributed by atoms with Crippen molar-refractivity contribution in [1.82, 2.24) is 10.2 Å². The molecule has 1 aliphatic heterocycles. The lowest BCUT2D eigenvalue weighted by molar-refractivity contribution is -0.131. The highest BCUT2D eigenvalue weighted by atomic mass is 16.2. The molecule has 1 amide bonds. The third-order valence-corrected chi connectivity index (χ3v) is 4.68. The molecule has 1 heterocycles. The summed E-state index contributed by atoms with van der Waals surface area (Å²) < 4.78 is 0. The van der Waals surface area contributed by atoms with E-state index >= 15 is 0 Å². The van der Waals surface area contributed by atoms with Gasteiger partial charge >= 0.3 is 0 Å². The molecule has 1 saturated heterocycles. The van der Waals surface area contributed by atoms with Crippen LogP contribution in [0.1, 0.15) is 66.7 Å². The zero-order chi connectivity index (χ0) is 14.4. The Bertz CT molecular complexity index is 276. The Morgan fingerprint density at radius 3 is 2.26 bits per heavy atom. The van der Waals surface area contributed by atoms with Crippen molar-refractivity contribution in [2.24, 2.45) is 11.8 Å². The minimum Gasteiger partial charge on any atom is -0.326 e. The highest BCUT2D eigenvalue weighted by Crippen LogP contribution is 2.24. The second-order valence-electron chi connectivity index (χ2n) is 6.01. The van der Waals surface area contributed by atoms with Crippen molar-refractivity contribution < 1.29 is 4.79 Å². The van der Waals surface area contributed by atoms with Gasteiger partial charge in [0.2, 0.25) is 5.91 Å². The first-order chi connectivity index (χ1) is 9.08. The maximum atomic E-state index is 12.6. The van der Waals surface area contributed by atoms with Crippen LogP contribution in [0.2, 0.25) is 0 Å². The van der Waals surface area contributed by atoms with E-state index in [9.17, 15) is 4.79 Å². The molecular formula is C16H32N2O. The lowest BCUT2D eigenvalue weighted by atomic mass is 9.98. The number of carbonyl (C=O) groups is 1. The van der Waals surface area contributed by atoms with Crippen LogP contribution in [0.25, 0.3) is 0 Å². The van der Waals surface area contributed by atoms with Gasteiger partial charge in [-0.05, 0) is 18.3 Å². The third kappa shape index (κ3) is 3.95. The Hall–Kier alpha value is -0.570. The Morgan fingerprint density at radius 2 is 1.79 bits per heavy atom. The fraction of sp³-hybridized carbons (Fsp3) is 0.938. The number of rotatable bonds is 8. The highest BCUT2D eigenvalue weighted by molar-refractivity contribution is 5.84. The molecular weight excluding hydrogens is 236 g/mol. The highest BCUT2D eigenvalue weighted by Gasteiger charge is 2.40. The van der Waals surface area contributed by atoms with E-state index in [1.165, 1.54) is 0 Å². The molecule has 0 aromatic rings. The summed E-state index contributed by atoms with van der Waals surface area (Å²) in [5, 5.41) is 3.57. The Labute approximate surface area is 119 Å².